The maximum absolute atomic E-state index is 13.3. The number of aryl methyl sites for hydroxylation is 2. The van der Waals surface area contributed by atoms with Crippen LogP contribution in [0.25, 0.3) is 0 Å². The minimum absolute atomic E-state index is 0.0753. The molecule has 1 amide bonds. The van der Waals surface area contributed by atoms with Gasteiger partial charge < -0.3 is 9.13 Å². The number of amides is 1. The van der Waals surface area contributed by atoms with E-state index in [0.717, 1.165) is 15.9 Å². The molecule has 7 heteroatoms. The van der Waals surface area contributed by atoms with Crippen LogP contribution >= 0.6 is 27.5 Å². The lowest BCUT2D eigenvalue weighted by Gasteiger charge is -2.27. The maximum Gasteiger partial charge on any atom is 0.261 e. The van der Waals surface area contributed by atoms with Crippen molar-refractivity contribution in [3.63, 3.8) is 0 Å². The summed E-state index contributed by atoms with van der Waals surface area (Å²) in [6.07, 6.45) is 1.71. The van der Waals surface area contributed by atoms with Gasteiger partial charge in [0.05, 0.1) is 21.5 Å². The summed E-state index contributed by atoms with van der Waals surface area (Å²) in [7, 11) is 3.62. The summed E-state index contributed by atoms with van der Waals surface area (Å²) < 4.78 is 4.33. The van der Waals surface area contributed by atoms with Crippen LogP contribution < -0.4 is 10.5 Å². The van der Waals surface area contributed by atoms with Gasteiger partial charge in [0.25, 0.3) is 11.5 Å². The molecular formula is C20H17BrClN3O2. The monoisotopic (exact) mass is 445 g/mol. The first-order valence-electron chi connectivity index (χ1n) is 8.41. The number of hydrogen-bond acceptors (Lipinski definition) is 2. The minimum Gasteiger partial charge on any atom is -0.340 e. The molecule has 0 fully saturated rings. The lowest BCUT2D eigenvalue weighted by Crippen LogP contribution is -2.31. The standard InChI is InChI=1S/C20H17BrClN3O2/c1-11-8-14(10-23(2)19(11)26)25-17(12-4-6-13(22)7-5-12)18-15(20(25)27)9-16(21)24(18)3/h4-10,17H,1-3H3. The third kappa shape index (κ3) is 2.75. The summed E-state index contributed by atoms with van der Waals surface area (Å²) in [5.74, 6) is -0.0932. The van der Waals surface area contributed by atoms with Crippen LogP contribution in [-0.2, 0) is 14.1 Å². The lowest BCUT2D eigenvalue weighted by molar-refractivity contribution is 0.0993. The average molecular weight is 447 g/mol. The molecular weight excluding hydrogens is 430 g/mol. The number of carbonyl (C=O) groups is 1. The van der Waals surface area contributed by atoms with Crippen molar-refractivity contribution in [1.82, 2.24) is 9.13 Å². The van der Waals surface area contributed by atoms with Gasteiger partial charge in [0.15, 0.2) is 0 Å². The van der Waals surface area contributed by atoms with Crippen molar-refractivity contribution in [2.75, 3.05) is 4.90 Å². The summed E-state index contributed by atoms with van der Waals surface area (Å²) in [6.45, 7) is 1.76. The van der Waals surface area contributed by atoms with E-state index in [2.05, 4.69) is 15.9 Å². The number of nitrogens with zero attached hydrogens (tertiary/aromatic N) is 3. The highest BCUT2D eigenvalue weighted by molar-refractivity contribution is 9.10. The van der Waals surface area contributed by atoms with E-state index in [1.165, 1.54) is 4.57 Å². The molecule has 5 nitrogen and oxygen atoms in total. The molecule has 138 valence electrons. The van der Waals surface area contributed by atoms with Crippen molar-refractivity contribution in [3.05, 3.63) is 85.0 Å². The number of pyridine rings is 1. The van der Waals surface area contributed by atoms with Gasteiger partial charge in [-0.05, 0) is 52.7 Å². The van der Waals surface area contributed by atoms with Gasteiger partial charge in [0.2, 0.25) is 0 Å². The third-order valence-electron chi connectivity index (χ3n) is 5.00. The molecule has 3 heterocycles. The van der Waals surface area contributed by atoms with Crippen molar-refractivity contribution in [3.8, 4) is 0 Å². The highest BCUT2D eigenvalue weighted by Gasteiger charge is 2.42. The molecule has 0 N–H and O–H groups in total. The van der Waals surface area contributed by atoms with Gasteiger partial charge in [0.1, 0.15) is 6.04 Å². The van der Waals surface area contributed by atoms with Crippen LogP contribution in [0.3, 0.4) is 0 Å². The topological polar surface area (TPSA) is 47.2 Å². The minimum atomic E-state index is -0.307. The molecule has 1 aliphatic rings. The van der Waals surface area contributed by atoms with Crippen molar-refractivity contribution in [2.24, 2.45) is 14.1 Å². The molecule has 4 rings (SSSR count). The quantitative estimate of drug-likeness (QED) is 0.592. The van der Waals surface area contributed by atoms with Gasteiger partial charge in [-0.3, -0.25) is 14.5 Å². The summed E-state index contributed by atoms with van der Waals surface area (Å²) in [5.41, 5.74) is 3.71. The maximum atomic E-state index is 13.3. The Balaban J connectivity index is 1.96. The zero-order valence-electron chi connectivity index (χ0n) is 15.0. The van der Waals surface area contributed by atoms with E-state index in [1.54, 1.807) is 31.1 Å². The Morgan fingerprint density at radius 2 is 1.74 bits per heavy atom. The van der Waals surface area contributed by atoms with E-state index in [1.807, 2.05) is 41.9 Å². The molecule has 0 saturated heterocycles. The smallest absolute Gasteiger partial charge is 0.261 e. The van der Waals surface area contributed by atoms with Gasteiger partial charge in [-0.1, -0.05) is 23.7 Å². The second kappa shape index (κ2) is 6.39. The number of rotatable bonds is 2. The molecule has 27 heavy (non-hydrogen) atoms. The van der Waals surface area contributed by atoms with E-state index in [4.69, 9.17) is 11.6 Å². The summed E-state index contributed by atoms with van der Waals surface area (Å²) in [6, 6.07) is 10.8. The van der Waals surface area contributed by atoms with Crippen LogP contribution in [0.4, 0.5) is 5.69 Å². The number of fused-ring (bicyclic) bond motifs is 1. The summed E-state index contributed by atoms with van der Waals surface area (Å²) in [5, 5.41) is 0.640. The zero-order valence-corrected chi connectivity index (χ0v) is 17.4. The molecule has 1 aromatic carbocycles. The second-order valence-corrected chi connectivity index (χ2v) is 8.00. The number of hydrogen-bond donors (Lipinski definition) is 0. The van der Waals surface area contributed by atoms with E-state index in [0.29, 0.717) is 21.8 Å². The average Bonchev–Trinajstić information content (AvgIpc) is 3.08. The number of carbonyl (C=O) groups excluding carboxylic acids is 1. The van der Waals surface area contributed by atoms with Crippen LogP contribution in [0.5, 0.6) is 0 Å². The fraction of sp³-hybridized carbons (Fsp3) is 0.200. The molecule has 1 atom stereocenters. The Morgan fingerprint density at radius 1 is 1.07 bits per heavy atom. The van der Waals surface area contributed by atoms with Gasteiger partial charge in [0, 0.05) is 30.9 Å². The van der Waals surface area contributed by atoms with Gasteiger partial charge >= 0.3 is 0 Å². The van der Waals surface area contributed by atoms with Crippen molar-refractivity contribution in [1.29, 1.82) is 0 Å². The molecule has 3 aromatic rings. The molecule has 0 bridgehead atoms. The number of halogens is 2. The second-order valence-electron chi connectivity index (χ2n) is 6.75. The largest absolute Gasteiger partial charge is 0.340 e. The molecule has 0 saturated carbocycles. The summed E-state index contributed by atoms with van der Waals surface area (Å²) >= 11 is 9.58. The molecule has 0 spiro atoms. The van der Waals surface area contributed by atoms with Crippen LogP contribution in [0.1, 0.15) is 33.2 Å². The van der Waals surface area contributed by atoms with Gasteiger partial charge in [-0.15, -0.1) is 0 Å². The fourth-order valence-corrected chi connectivity index (χ4v) is 4.21. The molecule has 1 aliphatic heterocycles. The molecule has 2 aromatic heterocycles. The Morgan fingerprint density at radius 3 is 2.37 bits per heavy atom. The van der Waals surface area contributed by atoms with Gasteiger partial charge in [-0.25, -0.2) is 0 Å². The normalized spacial score (nSPS) is 16.1. The van der Waals surface area contributed by atoms with Crippen LogP contribution in [0, 0.1) is 6.92 Å². The van der Waals surface area contributed by atoms with Crippen molar-refractivity contribution >= 4 is 39.1 Å². The van der Waals surface area contributed by atoms with E-state index in [9.17, 15) is 9.59 Å². The third-order valence-corrected chi connectivity index (χ3v) is 6.01. The van der Waals surface area contributed by atoms with E-state index < -0.39 is 0 Å². The number of aromatic nitrogens is 2. The SMILES string of the molecule is Cc1cc(N2C(=O)c3cc(Br)n(C)c3C2c2ccc(Cl)cc2)cn(C)c1=O. The Kier molecular flexibility index (Phi) is 4.28. The molecule has 0 aliphatic carbocycles. The highest BCUT2D eigenvalue weighted by atomic mass is 79.9. The summed E-state index contributed by atoms with van der Waals surface area (Å²) in [4.78, 5) is 27.1. The lowest BCUT2D eigenvalue weighted by atomic mass is 10.0. The van der Waals surface area contributed by atoms with Crippen molar-refractivity contribution in [2.45, 2.75) is 13.0 Å². The fourth-order valence-electron chi connectivity index (χ4n) is 3.66. The predicted octanol–water partition coefficient (Wildman–Crippen LogP) is 4.20. The number of benzene rings is 1. The zero-order chi connectivity index (χ0) is 19.5. The Hall–Kier alpha value is -2.31. The number of anilines is 1. The first kappa shape index (κ1) is 18.1. The molecule has 1 unspecified atom stereocenters. The van der Waals surface area contributed by atoms with E-state index in [-0.39, 0.29) is 17.5 Å². The Bertz CT molecular complexity index is 1110. The van der Waals surface area contributed by atoms with Gasteiger partial charge in [-0.2, -0.15) is 0 Å². The Labute approximate surface area is 169 Å². The first-order valence-corrected chi connectivity index (χ1v) is 9.58. The van der Waals surface area contributed by atoms with Crippen LogP contribution in [0.15, 0.2) is 52.0 Å². The van der Waals surface area contributed by atoms with Crippen LogP contribution in [-0.4, -0.2) is 15.0 Å². The highest BCUT2D eigenvalue weighted by Crippen LogP contribution is 2.43. The van der Waals surface area contributed by atoms with E-state index >= 15 is 0 Å². The molecule has 0 radical (unpaired) electrons. The first-order chi connectivity index (χ1) is 12.8. The van der Waals surface area contributed by atoms with Crippen LogP contribution in [0.2, 0.25) is 5.02 Å². The van der Waals surface area contributed by atoms with Crippen molar-refractivity contribution < 1.29 is 4.79 Å². The predicted molar refractivity (Wildman–Crippen MR) is 110 cm³/mol.